The molecule has 0 bridgehead atoms. The van der Waals surface area contributed by atoms with E-state index >= 15 is 0 Å². The molecule has 2 aromatic rings. The Bertz CT molecular complexity index is 616. The molecule has 0 radical (unpaired) electrons. The summed E-state index contributed by atoms with van der Waals surface area (Å²) < 4.78 is 2.07. The van der Waals surface area contributed by atoms with E-state index in [-0.39, 0.29) is 17.5 Å². The van der Waals surface area contributed by atoms with Crippen molar-refractivity contribution in [3.63, 3.8) is 0 Å². The fourth-order valence-electron chi connectivity index (χ4n) is 2.88. The van der Waals surface area contributed by atoms with E-state index in [9.17, 15) is 4.79 Å². The molecule has 98 valence electrons. The summed E-state index contributed by atoms with van der Waals surface area (Å²) in [6.07, 6.45) is 5.54. The number of imidazole rings is 1. The van der Waals surface area contributed by atoms with Crippen molar-refractivity contribution in [1.82, 2.24) is 14.5 Å². The molecule has 1 aliphatic rings. The van der Waals surface area contributed by atoms with Crippen LogP contribution in [0.2, 0.25) is 0 Å². The first-order valence-corrected chi connectivity index (χ1v) is 6.38. The second kappa shape index (κ2) is 3.95. The summed E-state index contributed by atoms with van der Waals surface area (Å²) in [5.74, 6) is 0.0805. The number of rotatable bonds is 1. The summed E-state index contributed by atoms with van der Waals surface area (Å²) in [6, 6.07) is 7.90. The summed E-state index contributed by atoms with van der Waals surface area (Å²) >= 11 is 0. The zero-order valence-corrected chi connectivity index (χ0v) is 11.4. The van der Waals surface area contributed by atoms with E-state index in [2.05, 4.69) is 23.4 Å². The van der Waals surface area contributed by atoms with Crippen LogP contribution in [0, 0.1) is 0 Å². The zero-order valence-electron chi connectivity index (χ0n) is 11.4. The molecule has 0 N–H and O–H groups in total. The average Bonchev–Trinajstić information content (AvgIpc) is 2.90. The molecule has 4 nitrogen and oxygen atoms in total. The Balaban J connectivity index is 2.26. The van der Waals surface area contributed by atoms with Crippen molar-refractivity contribution < 1.29 is 4.79 Å². The van der Waals surface area contributed by atoms with Gasteiger partial charge in [0.25, 0.3) is 5.91 Å². The highest BCUT2D eigenvalue weighted by atomic mass is 16.2. The lowest BCUT2D eigenvalue weighted by molar-refractivity contribution is 0.0490. The van der Waals surface area contributed by atoms with Gasteiger partial charge in [0, 0.05) is 25.0 Å². The number of amides is 1. The summed E-state index contributed by atoms with van der Waals surface area (Å²) in [4.78, 5) is 18.4. The summed E-state index contributed by atoms with van der Waals surface area (Å²) in [7, 11) is 1.86. The van der Waals surface area contributed by atoms with Gasteiger partial charge in [-0.1, -0.05) is 18.2 Å². The number of likely N-dealkylation sites (N-methyl/N-ethyl adjacent to an activating group) is 1. The number of aromatic nitrogens is 2. The molecular weight excluding hydrogens is 238 g/mol. The SMILES string of the molecule is CN1C(=O)c2ccccc2C(n2ccnc2)C1(C)C. The first kappa shape index (κ1) is 12.0. The van der Waals surface area contributed by atoms with Gasteiger partial charge in [0.05, 0.1) is 17.9 Å². The summed E-state index contributed by atoms with van der Waals surface area (Å²) in [5, 5.41) is 0. The van der Waals surface area contributed by atoms with Crippen molar-refractivity contribution in [3.05, 3.63) is 54.1 Å². The van der Waals surface area contributed by atoms with Gasteiger partial charge in [0.1, 0.15) is 0 Å². The summed E-state index contributed by atoms with van der Waals surface area (Å²) in [5.41, 5.74) is 1.54. The smallest absolute Gasteiger partial charge is 0.254 e. The lowest BCUT2D eigenvalue weighted by atomic mass is 9.80. The standard InChI is InChI=1S/C15H17N3O/c1-15(2)13(18-9-8-16-10-18)11-6-4-5-7-12(11)14(19)17(15)3/h4-10,13H,1-3H3. The molecule has 4 heteroatoms. The van der Waals surface area contributed by atoms with Crippen LogP contribution in [0.5, 0.6) is 0 Å². The van der Waals surface area contributed by atoms with Crippen molar-refractivity contribution in [1.29, 1.82) is 0 Å². The van der Waals surface area contributed by atoms with Gasteiger partial charge in [-0.15, -0.1) is 0 Å². The highest BCUT2D eigenvalue weighted by Crippen LogP contribution is 2.40. The highest BCUT2D eigenvalue weighted by molar-refractivity contribution is 5.97. The maximum absolute atomic E-state index is 12.4. The highest BCUT2D eigenvalue weighted by Gasteiger charge is 2.44. The van der Waals surface area contributed by atoms with Crippen LogP contribution in [-0.4, -0.2) is 32.9 Å². The average molecular weight is 255 g/mol. The van der Waals surface area contributed by atoms with Crippen molar-refractivity contribution in [2.24, 2.45) is 0 Å². The van der Waals surface area contributed by atoms with Gasteiger partial charge in [-0.05, 0) is 25.5 Å². The zero-order chi connectivity index (χ0) is 13.6. The number of fused-ring (bicyclic) bond motifs is 1. The number of carbonyl (C=O) groups is 1. The minimum atomic E-state index is -0.299. The van der Waals surface area contributed by atoms with Crippen LogP contribution >= 0.6 is 0 Å². The van der Waals surface area contributed by atoms with E-state index in [1.54, 1.807) is 6.20 Å². The van der Waals surface area contributed by atoms with Gasteiger partial charge in [-0.2, -0.15) is 0 Å². The Hall–Kier alpha value is -2.10. The molecule has 2 heterocycles. The number of benzene rings is 1. The quantitative estimate of drug-likeness (QED) is 0.784. The van der Waals surface area contributed by atoms with Crippen LogP contribution in [0.25, 0.3) is 0 Å². The fourth-order valence-corrected chi connectivity index (χ4v) is 2.88. The minimum Gasteiger partial charge on any atom is -0.334 e. The third-order valence-electron chi connectivity index (χ3n) is 4.15. The fraction of sp³-hybridized carbons (Fsp3) is 0.333. The molecule has 1 aromatic heterocycles. The first-order chi connectivity index (χ1) is 9.03. The molecule has 0 saturated heterocycles. The molecule has 0 spiro atoms. The van der Waals surface area contributed by atoms with Crippen LogP contribution in [-0.2, 0) is 0 Å². The topological polar surface area (TPSA) is 38.1 Å². The molecule has 1 unspecified atom stereocenters. The lowest BCUT2D eigenvalue weighted by Gasteiger charge is -2.47. The van der Waals surface area contributed by atoms with Gasteiger partial charge in [-0.3, -0.25) is 4.79 Å². The Labute approximate surface area is 112 Å². The van der Waals surface area contributed by atoms with E-state index in [4.69, 9.17) is 0 Å². The number of carbonyl (C=O) groups excluding carboxylic acids is 1. The molecule has 0 fully saturated rings. The molecule has 1 aliphatic heterocycles. The lowest BCUT2D eigenvalue weighted by Crippen LogP contribution is -2.54. The van der Waals surface area contributed by atoms with Crippen molar-refractivity contribution in [3.8, 4) is 0 Å². The van der Waals surface area contributed by atoms with E-state index in [1.165, 1.54) is 0 Å². The minimum absolute atomic E-state index is 0.0777. The van der Waals surface area contributed by atoms with Crippen LogP contribution < -0.4 is 0 Å². The molecule has 1 aromatic carbocycles. The Morgan fingerprint density at radius 1 is 1.26 bits per heavy atom. The van der Waals surface area contributed by atoms with Crippen molar-refractivity contribution in [2.45, 2.75) is 25.4 Å². The monoisotopic (exact) mass is 255 g/mol. The van der Waals surface area contributed by atoms with Gasteiger partial charge >= 0.3 is 0 Å². The maximum atomic E-state index is 12.4. The van der Waals surface area contributed by atoms with Gasteiger partial charge in [0.15, 0.2) is 0 Å². The molecule has 0 saturated carbocycles. The van der Waals surface area contributed by atoms with E-state index in [0.29, 0.717) is 0 Å². The number of nitrogens with zero attached hydrogens (tertiary/aromatic N) is 3. The van der Waals surface area contributed by atoms with Crippen LogP contribution in [0.3, 0.4) is 0 Å². The van der Waals surface area contributed by atoms with Crippen LogP contribution in [0.15, 0.2) is 43.0 Å². The molecule has 3 rings (SSSR count). The van der Waals surface area contributed by atoms with Crippen molar-refractivity contribution >= 4 is 5.91 Å². The summed E-state index contributed by atoms with van der Waals surface area (Å²) in [6.45, 7) is 4.18. The number of hydrogen-bond acceptors (Lipinski definition) is 2. The second-order valence-electron chi connectivity index (χ2n) is 5.52. The van der Waals surface area contributed by atoms with Gasteiger partial charge < -0.3 is 9.47 Å². The van der Waals surface area contributed by atoms with Crippen LogP contribution in [0.1, 0.15) is 35.8 Å². The molecular formula is C15H17N3O. The Kier molecular flexibility index (Phi) is 2.49. The van der Waals surface area contributed by atoms with Gasteiger partial charge in [0.2, 0.25) is 0 Å². The predicted octanol–water partition coefficient (Wildman–Crippen LogP) is 2.34. The van der Waals surface area contributed by atoms with Gasteiger partial charge in [-0.25, -0.2) is 4.98 Å². The third kappa shape index (κ3) is 1.59. The Morgan fingerprint density at radius 2 is 2.00 bits per heavy atom. The third-order valence-corrected chi connectivity index (χ3v) is 4.15. The van der Waals surface area contributed by atoms with Crippen molar-refractivity contribution in [2.75, 3.05) is 7.05 Å². The maximum Gasteiger partial charge on any atom is 0.254 e. The largest absolute Gasteiger partial charge is 0.334 e. The van der Waals surface area contributed by atoms with E-state index in [0.717, 1.165) is 11.1 Å². The molecule has 1 amide bonds. The first-order valence-electron chi connectivity index (χ1n) is 6.38. The predicted molar refractivity (Wildman–Crippen MR) is 73.0 cm³/mol. The van der Waals surface area contributed by atoms with Crippen LogP contribution in [0.4, 0.5) is 0 Å². The second-order valence-corrected chi connectivity index (χ2v) is 5.52. The van der Waals surface area contributed by atoms with E-state index < -0.39 is 0 Å². The Morgan fingerprint density at radius 3 is 2.68 bits per heavy atom. The van der Waals surface area contributed by atoms with E-state index in [1.807, 2.05) is 48.7 Å². The number of hydrogen-bond donors (Lipinski definition) is 0. The molecule has 19 heavy (non-hydrogen) atoms. The normalized spacial score (nSPS) is 21.3. The molecule has 1 atom stereocenters. The molecule has 0 aliphatic carbocycles.